The highest BCUT2D eigenvalue weighted by molar-refractivity contribution is 7.92. The standard InChI is InChI=1S/C32H28N6O5S/c1-22(2)24-16-19-33-27(21-24)44(39,40)38-29-28(43-26-15-8-7-14-25(26)41-3)32(37-31(36-29)30-34-17-10-18-35-30)42-20-9-13-23-11-5-4-6-12-23/h4-8,10-12,14-19,21-22H,20H2,1-3H3,(H,36,37,38). The molecular formula is C32H28N6O5S. The maximum absolute atomic E-state index is 13.7. The number of benzene rings is 2. The lowest BCUT2D eigenvalue weighted by molar-refractivity contribution is 0.324. The van der Waals surface area contributed by atoms with Crippen LogP contribution in [0.5, 0.6) is 23.1 Å². The summed E-state index contributed by atoms with van der Waals surface area (Å²) in [7, 11) is -2.78. The van der Waals surface area contributed by atoms with Crippen LogP contribution in [0.15, 0.2) is 96.4 Å². The Labute approximate surface area is 255 Å². The van der Waals surface area contributed by atoms with Crippen molar-refractivity contribution in [1.29, 1.82) is 0 Å². The van der Waals surface area contributed by atoms with Crippen LogP contribution in [0.1, 0.15) is 30.9 Å². The minimum Gasteiger partial charge on any atom is -0.493 e. The van der Waals surface area contributed by atoms with E-state index in [-0.39, 0.29) is 52.4 Å². The first-order chi connectivity index (χ1) is 21.3. The zero-order valence-electron chi connectivity index (χ0n) is 24.1. The predicted octanol–water partition coefficient (Wildman–Crippen LogP) is 5.48. The Hall–Kier alpha value is -5.54. The van der Waals surface area contributed by atoms with Crippen molar-refractivity contribution in [1.82, 2.24) is 24.9 Å². The van der Waals surface area contributed by atoms with Crippen molar-refractivity contribution >= 4 is 15.8 Å². The Morgan fingerprint density at radius 1 is 0.841 bits per heavy atom. The van der Waals surface area contributed by atoms with E-state index >= 15 is 0 Å². The van der Waals surface area contributed by atoms with Gasteiger partial charge in [0.15, 0.2) is 34.8 Å². The van der Waals surface area contributed by atoms with E-state index in [1.54, 1.807) is 36.4 Å². The lowest BCUT2D eigenvalue weighted by Crippen LogP contribution is -2.17. The average Bonchev–Trinajstić information content (AvgIpc) is 3.05. The van der Waals surface area contributed by atoms with Crippen molar-refractivity contribution in [2.45, 2.75) is 24.8 Å². The zero-order chi connectivity index (χ0) is 30.9. The topological polar surface area (TPSA) is 138 Å². The maximum atomic E-state index is 13.7. The zero-order valence-corrected chi connectivity index (χ0v) is 24.9. The summed E-state index contributed by atoms with van der Waals surface area (Å²) in [6, 6.07) is 21.2. The number of pyridine rings is 1. The van der Waals surface area contributed by atoms with E-state index in [9.17, 15) is 8.42 Å². The summed E-state index contributed by atoms with van der Waals surface area (Å²) in [6.07, 6.45) is 4.48. The molecule has 1 N–H and O–H groups in total. The molecule has 222 valence electrons. The van der Waals surface area contributed by atoms with E-state index < -0.39 is 10.0 Å². The molecule has 0 unspecified atom stereocenters. The molecule has 12 heteroatoms. The number of nitrogens with zero attached hydrogens (tertiary/aromatic N) is 5. The molecule has 0 saturated carbocycles. The molecule has 5 rings (SSSR count). The Balaban J connectivity index is 1.63. The number of sulfonamides is 1. The van der Waals surface area contributed by atoms with Gasteiger partial charge < -0.3 is 14.2 Å². The van der Waals surface area contributed by atoms with E-state index in [0.717, 1.165) is 11.1 Å². The van der Waals surface area contributed by atoms with Crippen LogP contribution < -0.4 is 18.9 Å². The monoisotopic (exact) mass is 608 g/mol. The normalized spacial score (nSPS) is 10.9. The number of anilines is 1. The molecular weight excluding hydrogens is 580 g/mol. The van der Waals surface area contributed by atoms with Gasteiger partial charge >= 0.3 is 0 Å². The lowest BCUT2D eigenvalue weighted by Gasteiger charge is -2.17. The van der Waals surface area contributed by atoms with Gasteiger partial charge in [-0.3, -0.25) is 4.72 Å². The summed E-state index contributed by atoms with van der Waals surface area (Å²) in [5, 5.41) is -0.195. The average molecular weight is 609 g/mol. The van der Waals surface area contributed by atoms with Crippen LogP contribution in [0.3, 0.4) is 0 Å². The van der Waals surface area contributed by atoms with Gasteiger partial charge in [0.05, 0.1) is 7.11 Å². The second-order valence-electron chi connectivity index (χ2n) is 9.50. The molecule has 5 aromatic rings. The first-order valence-corrected chi connectivity index (χ1v) is 15.0. The van der Waals surface area contributed by atoms with E-state index in [4.69, 9.17) is 14.2 Å². The first-order valence-electron chi connectivity index (χ1n) is 13.5. The molecule has 3 heterocycles. The Kier molecular flexibility index (Phi) is 9.27. The molecule has 0 saturated heterocycles. The summed E-state index contributed by atoms with van der Waals surface area (Å²) in [5.74, 6) is 6.36. The Morgan fingerprint density at radius 2 is 1.57 bits per heavy atom. The van der Waals surface area contributed by atoms with Crippen LogP contribution in [0.4, 0.5) is 5.82 Å². The molecule has 11 nitrogen and oxygen atoms in total. The molecule has 0 fully saturated rings. The SMILES string of the molecule is COc1ccccc1Oc1c(NS(=O)(=O)c2cc(C(C)C)ccn2)nc(-c2ncccn2)nc1OCC#Cc1ccccc1. The van der Waals surface area contributed by atoms with Crippen LogP contribution in [-0.4, -0.2) is 47.1 Å². The number of para-hydroxylation sites is 2. The van der Waals surface area contributed by atoms with Crippen molar-refractivity contribution in [3.05, 3.63) is 103 Å². The van der Waals surface area contributed by atoms with Gasteiger partial charge in [0.25, 0.3) is 15.9 Å². The van der Waals surface area contributed by atoms with Gasteiger partial charge in [-0.15, -0.1) is 0 Å². The van der Waals surface area contributed by atoms with Crippen LogP contribution in [0.2, 0.25) is 0 Å². The molecule has 0 aliphatic heterocycles. The third kappa shape index (κ3) is 7.26. The van der Waals surface area contributed by atoms with E-state index in [1.165, 1.54) is 31.8 Å². The van der Waals surface area contributed by atoms with Gasteiger partial charge in [-0.25, -0.2) is 19.9 Å². The molecule has 2 aromatic carbocycles. The molecule has 0 amide bonds. The summed E-state index contributed by atoms with van der Waals surface area (Å²) in [6.45, 7) is 3.81. The largest absolute Gasteiger partial charge is 0.493 e. The highest BCUT2D eigenvalue weighted by Crippen LogP contribution is 2.41. The van der Waals surface area contributed by atoms with Gasteiger partial charge in [0.1, 0.15) is 0 Å². The molecule has 44 heavy (non-hydrogen) atoms. The fraction of sp³-hybridized carbons (Fsp3) is 0.156. The summed E-state index contributed by atoms with van der Waals surface area (Å²) >= 11 is 0. The number of aromatic nitrogens is 5. The fourth-order valence-electron chi connectivity index (χ4n) is 3.89. The van der Waals surface area contributed by atoms with Crippen molar-refractivity contribution in [3.8, 4) is 46.6 Å². The number of ether oxygens (including phenoxy) is 3. The molecule has 0 aliphatic carbocycles. The lowest BCUT2D eigenvalue weighted by atomic mass is 10.1. The second kappa shape index (κ2) is 13.6. The van der Waals surface area contributed by atoms with E-state index in [0.29, 0.717) is 5.75 Å². The Morgan fingerprint density at radius 3 is 2.30 bits per heavy atom. The van der Waals surface area contributed by atoms with Crippen LogP contribution >= 0.6 is 0 Å². The third-order valence-corrected chi connectivity index (χ3v) is 7.34. The van der Waals surface area contributed by atoms with Crippen molar-refractivity contribution in [2.24, 2.45) is 0 Å². The molecule has 0 radical (unpaired) electrons. The number of hydrogen-bond acceptors (Lipinski definition) is 10. The van der Waals surface area contributed by atoms with E-state index in [2.05, 4.69) is 41.5 Å². The number of methoxy groups -OCH3 is 1. The summed E-state index contributed by atoms with van der Waals surface area (Å²) in [4.78, 5) is 21.5. The molecule has 0 atom stereocenters. The molecule has 0 bridgehead atoms. The van der Waals surface area contributed by atoms with Crippen molar-refractivity contribution in [2.75, 3.05) is 18.4 Å². The summed E-state index contributed by atoms with van der Waals surface area (Å²) < 4.78 is 47.5. The van der Waals surface area contributed by atoms with Crippen LogP contribution in [0, 0.1) is 11.8 Å². The van der Waals surface area contributed by atoms with Gasteiger partial charge in [-0.1, -0.05) is 56.0 Å². The fourth-order valence-corrected chi connectivity index (χ4v) is 4.88. The minimum absolute atomic E-state index is 0.00872. The highest BCUT2D eigenvalue weighted by Gasteiger charge is 2.27. The molecule has 3 aromatic heterocycles. The van der Waals surface area contributed by atoms with Gasteiger partial charge in [0.2, 0.25) is 11.6 Å². The third-order valence-electron chi connectivity index (χ3n) is 6.10. The maximum Gasteiger partial charge on any atom is 0.280 e. The highest BCUT2D eigenvalue weighted by atomic mass is 32.2. The van der Waals surface area contributed by atoms with Crippen LogP contribution in [0.25, 0.3) is 11.6 Å². The van der Waals surface area contributed by atoms with Crippen LogP contribution in [-0.2, 0) is 10.0 Å². The number of nitrogens with one attached hydrogen (secondary N) is 1. The first kappa shape index (κ1) is 29.9. The minimum atomic E-state index is -4.26. The van der Waals surface area contributed by atoms with Crippen molar-refractivity contribution < 1.29 is 22.6 Å². The second-order valence-corrected chi connectivity index (χ2v) is 11.1. The quantitative estimate of drug-likeness (QED) is 0.203. The number of rotatable bonds is 10. The van der Waals surface area contributed by atoms with E-state index in [1.807, 2.05) is 44.2 Å². The van der Waals surface area contributed by atoms with Gasteiger partial charge in [-0.05, 0) is 53.9 Å². The molecule has 0 aliphatic rings. The van der Waals surface area contributed by atoms with Gasteiger partial charge in [0, 0.05) is 24.2 Å². The summed E-state index contributed by atoms with van der Waals surface area (Å²) in [5.41, 5.74) is 1.60. The Bertz CT molecular complexity index is 1910. The molecule has 0 spiro atoms. The number of hydrogen-bond donors (Lipinski definition) is 1. The predicted molar refractivity (Wildman–Crippen MR) is 164 cm³/mol. The van der Waals surface area contributed by atoms with Crippen molar-refractivity contribution in [3.63, 3.8) is 0 Å². The smallest absolute Gasteiger partial charge is 0.280 e. The van der Waals surface area contributed by atoms with Gasteiger partial charge in [-0.2, -0.15) is 13.4 Å².